The van der Waals surface area contributed by atoms with E-state index in [4.69, 9.17) is 4.74 Å². The van der Waals surface area contributed by atoms with E-state index in [9.17, 15) is 9.90 Å². The lowest BCUT2D eigenvalue weighted by molar-refractivity contribution is -0.143. The predicted molar refractivity (Wildman–Crippen MR) is 78.8 cm³/mol. The van der Waals surface area contributed by atoms with Gasteiger partial charge < -0.3 is 9.84 Å². The molecule has 1 heterocycles. The molecule has 3 heteroatoms. The highest BCUT2D eigenvalue weighted by molar-refractivity contribution is 5.70. The van der Waals surface area contributed by atoms with Crippen LogP contribution in [0.15, 0.2) is 24.3 Å². The van der Waals surface area contributed by atoms with Gasteiger partial charge >= 0.3 is 5.97 Å². The van der Waals surface area contributed by atoms with E-state index >= 15 is 0 Å². The van der Waals surface area contributed by atoms with Crippen molar-refractivity contribution in [2.45, 2.75) is 58.2 Å². The summed E-state index contributed by atoms with van der Waals surface area (Å²) in [6.45, 7) is 6.18. The van der Waals surface area contributed by atoms with E-state index in [0.29, 0.717) is 12.8 Å². The highest BCUT2D eigenvalue weighted by Crippen LogP contribution is 2.33. The Morgan fingerprint density at radius 3 is 2.80 bits per heavy atom. The monoisotopic (exact) mass is 276 g/mol. The van der Waals surface area contributed by atoms with Crippen LogP contribution in [-0.2, 0) is 16.0 Å². The van der Waals surface area contributed by atoms with E-state index in [1.165, 1.54) is 5.56 Å². The molecule has 0 radical (unpaired) electrons. The van der Waals surface area contributed by atoms with Crippen LogP contribution in [0.4, 0.5) is 0 Å². The van der Waals surface area contributed by atoms with Gasteiger partial charge in [0.05, 0.1) is 17.6 Å². The Morgan fingerprint density at radius 2 is 2.25 bits per heavy atom. The number of aryl methyl sites for hydroxylation is 1. The summed E-state index contributed by atoms with van der Waals surface area (Å²) in [5, 5.41) is 9.44. The van der Waals surface area contributed by atoms with E-state index in [2.05, 4.69) is 19.9 Å². The summed E-state index contributed by atoms with van der Waals surface area (Å²) < 4.78 is 5.93. The van der Waals surface area contributed by atoms with Gasteiger partial charge in [-0.3, -0.25) is 4.79 Å². The van der Waals surface area contributed by atoms with Crippen LogP contribution in [0.5, 0.6) is 0 Å². The molecular formula is C17H24O3. The van der Waals surface area contributed by atoms with Crippen LogP contribution < -0.4 is 0 Å². The third-order valence-electron chi connectivity index (χ3n) is 4.02. The Labute approximate surface area is 121 Å². The molecule has 20 heavy (non-hydrogen) atoms. The molecule has 1 aliphatic rings. The van der Waals surface area contributed by atoms with Crippen molar-refractivity contribution in [2.24, 2.45) is 5.92 Å². The summed E-state index contributed by atoms with van der Waals surface area (Å²) >= 11 is 0. The average molecular weight is 276 g/mol. The third-order valence-corrected chi connectivity index (χ3v) is 4.02. The molecule has 0 spiro atoms. The molecule has 1 aliphatic heterocycles. The van der Waals surface area contributed by atoms with Crippen molar-refractivity contribution in [3.05, 3.63) is 35.4 Å². The molecule has 3 nitrogen and oxygen atoms in total. The molecule has 0 aromatic heterocycles. The molecule has 2 atom stereocenters. The van der Waals surface area contributed by atoms with Crippen LogP contribution in [0.25, 0.3) is 0 Å². The highest BCUT2D eigenvalue weighted by atomic mass is 16.5. The van der Waals surface area contributed by atoms with Gasteiger partial charge in [0, 0.05) is 0 Å². The van der Waals surface area contributed by atoms with Crippen molar-refractivity contribution in [3.8, 4) is 0 Å². The maximum absolute atomic E-state index is 11.5. The maximum Gasteiger partial charge on any atom is 0.306 e. The lowest BCUT2D eigenvalue weighted by Gasteiger charge is -2.21. The Balaban J connectivity index is 1.99. The first-order valence-corrected chi connectivity index (χ1v) is 7.32. The second kappa shape index (κ2) is 5.96. The third kappa shape index (κ3) is 4.07. The number of aliphatic carboxylic acids is 1. The summed E-state index contributed by atoms with van der Waals surface area (Å²) in [6, 6.07) is 8.08. The quantitative estimate of drug-likeness (QED) is 0.894. The second-order valence-corrected chi connectivity index (χ2v) is 6.50. The van der Waals surface area contributed by atoms with Gasteiger partial charge in [-0.25, -0.2) is 0 Å². The van der Waals surface area contributed by atoms with Gasteiger partial charge in [-0.05, 0) is 52.0 Å². The lowest BCUT2D eigenvalue weighted by atomic mass is 9.92. The zero-order valence-corrected chi connectivity index (χ0v) is 12.6. The van der Waals surface area contributed by atoms with Gasteiger partial charge in [0.25, 0.3) is 0 Å². The van der Waals surface area contributed by atoms with Gasteiger partial charge in [-0.15, -0.1) is 0 Å². The number of hydrogen-bond donors (Lipinski definition) is 1. The molecule has 1 saturated heterocycles. The first-order chi connectivity index (χ1) is 9.35. The van der Waals surface area contributed by atoms with E-state index < -0.39 is 5.97 Å². The van der Waals surface area contributed by atoms with Gasteiger partial charge in [-0.2, -0.15) is 0 Å². The fraction of sp³-hybridized carbons (Fsp3) is 0.588. The molecule has 2 rings (SSSR count). The van der Waals surface area contributed by atoms with Gasteiger partial charge in [0.1, 0.15) is 0 Å². The number of benzene rings is 1. The zero-order chi connectivity index (χ0) is 14.8. The van der Waals surface area contributed by atoms with E-state index in [0.717, 1.165) is 18.4 Å². The smallest absolute Gasteiger partial charge is 0.306 e. The van der Waals surface area contributed by atoms with Crippen molar-refractivity contribution in [2.75, 3.05) is 0 Å². The highest BCUT2D eigenvalue weighted by Gasteiger charge is 2.34. The second-order valence-electron chi connectivity index (χ2n) is 6.50. The van der Waals surface area contributed by atoms with Gasteiger partial charge in [0.15, 0.2) is 0 Å². The van der Waals surface area contributed by atoms with Crippen LogP contribution in [-0.4, -0.2) is 22.8 Å². The summed E-state index contributed by atoms with van der Waals surface area (Å²) in [5.41, 5.74) is 2.16. The average Bonchev–Trinajstić information content (AvgIpc) is 2.68. The number of carboxylic acid groups (broad SMARTS) is 1. The number of hydrogen-bond acceptors (Lipinski definition) is 2. The largest absolute Gasteiger partial charge is 0.481 e. The molecular weight excluding hydrogens is 252 g/mol. The predicted octanol–water partition coefficient (Wildman–Crippen LogP) is 3.59. The molecule has 1 N–H and O–H groups in total. The molecule has 0 bridgehead atoms. The maximum atomic E-state index is 11.5. The number of ether oxygens (including phenoxy) is 1. The molecule has 0 amide bonds. The Bertz CT molecular complexity index is 479. The van der Waals surface area contributed by atoms with Crippen molar-refractivity contribution >= 4 is 5.97 Å². The molecule has 1 fully saturated rings. The Morgan fingerprint density at radius 1 is 1.50 bits per heavy atom. The Hall–Kier alpha value is -1.35. The molecule has 0 aliphatic carbocycles. The zero-order valence-electron chi connectivity index (χ0n) is 12.6. The normalized spacial score (nSPS) is 22.6. The summed E-state index contributed by atoms with van der Waals surface area (Å²) in [6.07, 6.45) is 3.24. The minimum absolute atomic E-state index is 0.0795. The fourth-order valence-corrected chi connectivity index (χ4v) is 2.96. The van der Waals surface area contributed by atoms with Gasteiger partial charge in [-0.1, -0.05) is 29.8 Å². The number of carboxylic acids is 1. The minimum Gasteiger partial charge on any atom is -0.481 e. The molecule has 1 aromatic carbocycles. The number of carbonyl (C=O) groups is 1. The summed E-state index contributed by atoms with van der Waals surface area (Å²) in [5.74, 6) is -1.09. The Kier molecular flexibility index (Phi) is 4.48. The molecule has 110 valence electrons. The summed E-state index contributed by atoms with van der Waals surface area (Å²) in [7, 11) is 0. The molecule has 2 unspecified atom stereocenters. The van der Waals surface area contributed by atoms with Crippen molar-refractivity contribution < 1.29 is 14.6 Å². The van der Waals surface area contributed by atoms with Gasteiger partial charge in [0.2, 0.25) is 0 Å². The van der Waals surface area contributed by atoms with Crippen LogP contribution in [0, 0.1) is 12.8 Å². The van der Waals surface area contributed by atoms with Crippen molar-refractivity contribution in [3.63, 3.8) is 0 Å². The topological polar surface area (TPSA) is 46.5 Å². The first-order valence-electron chi connectivity index (χ1n) is 7.32. The van der Waals surface area contributed by atoms with E-state index in [-0.39, 0.29) is 17.6 Å². The molecule has 1 aromatic rings. The van der Waals surface area contributed by atoms with Crippen LogP contribution in [0.2, 0.25) is 0 Å². The van der Waals surface area contributed by atoms with Crippen molar-refractivity contribution in [1.29, 1.82) is 0 Å². The van der Waals surface area contributed by atoms with Crippen LogP contribution >= 0.6 is 0 Å². The van der Waals surface area contributed by atoms with E-state index in [1.54, 1.807) is 0 Å². The summed E-state index contributed by atoms with van der Waals surface area (Å²) in [4.78, 5) is 11.5. The molecule has 0 saturated carbocycles. The minimum atomic E-state index is -0.722. The van der Waals surface area contributed by atoms with Crippen LogP contribution in [0.3, 0.4) is 0 Å². The lowest BCUT2D eigenvalue weighted by Crippen LogP contribution is -2.25. The van der Waals surface area contributed by atoms with E-state index in [1.807, 2.05) is 25.1 Å². The number of rotatable bonds is 5. The fourth-order valence-electron chi connectivity index (χ4n) is 2.96. The van der Waals surface area contributed by atoms with Crippen molar-refractivity contribution in [1.82, 2.24) is 0 Å². The van der Waals surface area contributed by atoms with Crippen LogP contribution in [0.1, 0.15) is 44.2 Å². The first kappa shape index (κ1) is 15.0. The SMILES string of the molecule is Cc1cccc(CC(CC2CCC(C)(C)O2)C(=O)O)c1. The standard InChI is InChI=1S/C17H24O3/c1-12-5-4-6-13(9-12)10-14(16(18)19)11-15-7-8-17(2,3)20-15/h4-6,9,14-15H,7-8,10-11H2,1-3H3,(H,18,19).